The van der Waals surface area contributed by atoms with Crippen molar-refractivity contribution in [1.82, 2.24) is 0 Å². The highest BCUT2D eigenvalue weighted by Crippen LogP contribution is 2.46. The smallest absolute Gasteiger partial charge is 0.122 e. The van der Waals surface area contributed by atoms with E-state index in [1.807, 2.05) is 0 Å². The largest absolute Gasteiger partial charge is 0.507 e. The van der Waals surface area contributed by atoms with Crippen LogP contribution in [0.5, 0.6) is 11.5 Å². The van der Waals surface area contributed by atoms with Crippen LogP contribution in [0.1, 0.15) is 198 Å². The van der Waals surface area contributed by atoms with Gasteiger partial charge in [-0.1, -0.05) is 101 Å². The number of hydrogen-bond donors (Lipinski definition) is 2. The highest BCUT2D eigenvalue weighted by Gasteiger charge is 2.27. The predicted molar refractivity (Wildman–Crippen MR) is 176 cm³/mol. The van der Waals surface area contributed by atoms with Gasteiger partial charge in [-0.3, -0.25) is 0 Å². The van der Waals surface area contributed by atoms with Crippen molar-refractivity contribution in [3.8, 4) is 11.5 Å². The third kappa shape index (κ3) is 7.22. The number of benzene rings is 2. The molecule has 0 aliphatic heterocycles. The third-order valence-corrected chi connectivity index (χ3v) is 11.8. The van der Waals surface area contributed by atoms with E-state index in [9.17, 15) is 10.2 Å². The van der Waals surface area contributed by atoms with Gasteiger partial charge in [-0.05, 0) is 134 Å². The molecule has 0 bridgehead atoms. The van der Waals surface area contributed by atoms with Crippen molar-refractivity contribution in [2.45, 2.75) is 178 Å². The number of hydrogen-bond acceptors (Lipinski definition) is 2. The minimum atomic E-state index is 0.550. The van der Waals surface area contributed by atoms with Crippen molar-refractivity contribution < 1.29 is 10.2 Å². The molecular formula is C40H58O2. The molecule has 230 valence electrons. The summed E-state index contributed by atoms with van der Waals surface area (Å²) in [6.45, 7) is 0. The van der Waals surface area contributed by atoms with Gasteiger partial charge in [0.25, 0.3) is 0 Å². The summed E-state index contributed by atoms with van der Waals surface area (Å²) in [5.74, 6) is 3.52. The molecular weight excluding hydrogens is 512 g/mol. The quantitative estimate of drug-likeness (QED) is 0.294. The van der Waals surface area contributed by atoms with Crippen LogP contribution in [-0.2, 0) is 12.8 Å². The van der Waals surface area contributed by atoms with Crippen LogP contribution in [0.3, 0.4) is 0 Å². The van der Waals surface area contributed by atoms with E-state index in [0.29, 0.717) is 35.2 Å². The Balaban J connectivity index is 1.17. The van der Waals surface area contributed by atoms with Crippen LogP contribution in [0.2, 0.25) is 0 Å². The fourth-order valence-corrected chi connectivity index (χ4v) is 9.34. The molecule has 4 saturated carbocycles. The van der Waals surface area contributed by atoms with E-state index in [-0.39, 0.29) is 0 Å². The Morgan fingerprint density at radius 3 is 0.857 bits per heavy atom. The van der Waals surface area contributed by atoms with Crippen molar-refractivity contribution >= 4 is 0 Å². The molecule has 0 atom stereocenters. The number of aromatic hydroxyl groups is 2. The maximum atomic E-state index is 11.5. The Morgan fingerprint density at radius 1 is 0.381 bits per heavy atom. The fraction of sp³-hybridized carbons (Fsp3) is 0.700. The van der Waals surface area contributed by atoms with E-state index in [0.717, 1.165) is 12.8 Å². The summed E-state index contributed by atoms with van der Waals surface area (Å²) in [4.78, 5) is 0. The van der Waals surface area contributed by atoms with Gasteiger partial charge in [0.1, 0.15) is 11.5 Å². The molecule has 2 aromatic rings. The SMILES string of the molecule is Oc1c(C2CCCCC2)cc(CCCCc2cc(C3CCCCC3)c(O)c(C3CCCCC3)c2)cc1C1CCCCC1. The van der Waals surface area contributed by atoms with Crippen LogP contribution >= 0.6 is 0 Å². The van der Waals surface area contributed by atoms with E-state index in [2.05, 4.69) is 24.3 Å². The van der Waals surface area contributed by atoms with Gasteiger partial charge in [0.05, 0.1) is 0 Å². The molecule has 42 heavy (non-hydrogen) atoms. The van der Waals surface area contributed by atoms with Crippen LogP contribution < -0.4 is 0 Å². The first-order valence-corrected chi connectivity index (χ1v) is 18.4. The summed E-state index contributed by atoms with van der Waals surface area (Å²) >= 11 is 0. The van der Waals surface area contributed by atoms with Crippen molar-refractivity contribution in [2.24, 2.45) is 0 Å². The van der Waals surface area contributed by atoms with Crippen LogP contribution in [0.4, 0.5) is 0 Å². The van der Waals surface area contributed by atoms with Crippen LogP contribution in [0.15, 0.2) is 24.3 Å². The van der Waals surface area contributed by atoms with Crippen LogP contribution in [0.25, 0.3) is 0 Å². The molecule has 4 fully saturated rings. The maximum absolute atomic E-state index is 11.5. The van der Waals surface area contributed by atoms with Crippen molar-refractivity contribution in [1.29, 1.82) is 0 Å². The molecule has 0 saturated heterocycles. The zero-order chi connectivity index (χ0) is 28.7. The third-order valence-electron chi connectivity index (χ3n) is 11.8. The molecule has 4 aliphatic carbocycles. The van der Waals surface area contributed by atoms with Gasteiger partial charge in [-0.2, -0.15) is 0 Å². The Hall–Kier alpha value is -1.96. The van der Waals surface area contributed by atoms with E-state index < -0.39 is 0 Å². The van der Waals surface area contributed by atoms with Gasteiger partial charge in [0.15, 0.2) is 0 Å². The molecule has 2 nitrogen and oxygen atoms in total. The Bertz CT molecular complexity index is 971. The lowest BCUT2D eigenvalue weighted by Gasteiger charge is -2.28. The Morgan fingerprint density at radius 2 is 0.619 bits per heavy atom. The monoisotopic (exact) mass is 570 g/mol. The summed E-state index contributed by atoms with van der Waals surface area (Å²) in [6.07, 6.45) is 30.5. The van der Waals surface area contributed by atoms with Crippen molar-refractivity contribution in [3.05, 3.63) is 57.6 Å². The summed E-state index contributed by atoms with van der Waals surface area (Å²) < 4.78 is 0. The second kappa shape index (κ2) is 14.7. The van der Waals surface area contributed by atoms with Gasteiger partial charge < -0.3 is 10.2 Å². The standard InChI is InChI=1S/C40H58O2/c41-39-35(31-17-5-1-6-18-31)25-29(26-36(39)32-19-7-2-8-20-32)15-13-14-16-30-27-37(33-21-9-3-10-22-33)40(42)38(28-30)34-23-11-4-12-24-34/h25-28,31-34,41-42H,1-24H2. The molecule has 0 amide bonds. The lowest BCUT2D eigenvalue weighted by Crippen LogP contribution is -2.10. The number of rotatable bonds is 9. The summed E-state index contributed by atoms with van der Waals surface area (Å²) in [5.41, 5.74) is 8.04. The predicted octanol–water partition coefficient (Wildman–Crippen LogP) is 11.9. The first-order valence-electron chi connectivity index (χ1n) is 18.4. The topological polar surface area (TPSA) is 40.5 Å². The van der Waals surface area contributed by atoms with Gasteiger partial charge in [-0.25, -0.2) is 0 Å². The minimum Gasteiger partial charge on any atom is -0.507 e. The number of phenolic OH excluding ortho intramolecular Hbond substituents is 2. The zero-order valence-electron chi connectivity index (χ0n) is 26.5. The maximum Gasteiger partial charge on any atom is 0.122 e. The molecule has 0 unspecified atom stereocenters. The molecule has 0 aromatic heterocycles. The molecule has 4 aliphatic rings. The van der Waals surface area contributed by atoms with Gasteiger partial charge in [-0.15, -0.1) is 0 Å². The average molecular weight is 571 g/mol. The molecule has 2 heteroatoms. The first kappa shape index (κ1) is 30.1. The molecule has 0 heterocycles. The second-order valence-electron chi connectivity index (χ2n) is 14.8. The molecule has 0 radical (unpaired) electrons. The minimum absolute atomic E-state index is 0.550. The van der Waals surface area contributed by atoms with E-state index >= 15 is 0 Å². The molecule has 2 N–H and O–H groups in total. The summed E-state index contributed by atoms with van der Waals surface area (Å²) in [7, 11) is 0. The van der Waals surface area contributed by atoms with E-state index in [4.69, 9.17) is 0 Å². The highest BCUT2D eigenvalue weighted by molar-refractivity contribution is 5.49. The molecule has 0 spiro atoms. The Labute approximate surface area is 256 Å². The summed E-state index contributed by atoms with van der Waals surface area (Å²) in [5, 5.41) is 23.0. The van der Waals surface area contributed by atoms with E-state index in [1.165, 1.54) is 175 Å². The zero-order valence-corrected chi connectivity index (χ0v) is 26.5. The van der Waals surface area contributed by atoms with Gasteiger partial charge in [0, 0.05) is 0 Å². The molecule has 6 rings (SSSR count). The van der Waals surface area contributed by atoms with Gasteiger partial charge >= 0.3 is 0 Å². The van der Waals surface area contributed by atoms with Crippen LogP contribution in [-0.4, -0.2) is 10.2 Å². The second-order valence-corrected chi connectivity index (χ2v) is 14.8. The lowest BCUT2D eigenvalue weighted by atomic mass is 9.77. The normalized spacial score (nSPS) is 22.0. The fourth-order valence-electron chi connectivity index (χ4n) is 9.34. The summed E-state index contributed by atoms with van der Waals surface area (Å²) in [6, 6.07) is 9.61. The van der Waals surface area contributed by atoms with Crippen LogP contribution in [0, 0.1) is 0 Å². The Kier molecular flexibility index (Phi) is 10.5. The lowest BCUT2D eigenvalue weighted by molar-refractivity contribution is 0.392. The first-order chi connectivity index (χ1) is 20.7. The van der Waals surface area contributed by atoms with Crippen molar-refractivity contribution in [2.75, 3.05) is 0 Å². The van der Waals surface area contributed by atoms with E-state index in [1.54, 1.807) is 0 Å². The highest BCUT2D eigenvalue weighted by atomic mass is 16.3. The number of unbranched alkanes of at least 4 members (excludes halogenated alkanes) is 1. The number of aryl methyl sites for hydroxylation is 2. The van der Waals surface area contributed by atoms with Gasteiger partial charge in [0.2, 0.25) is 0 Å². The average Bonchev–Trinajstić information content (AvgIpc) is 3.06. The number of phenols is 2. The van der Waals surface area contributed by atoms with Crippen molar-refractivity contribution in [3.63, 3.8) is 0 Å². The molecule has 2 aromatic carbocycles.